The molecule has 0 aliphatic carbocycles. The maximum Gasteiger partial charge on any atom is 0.166 e. The predicted octanol–water partition coefficient (Wildman–Crippen LogP) is 3.32. The van der Waals surface area contributed by atoms with Crippen LogP contribution in [0.5, 0.6) is 0 Å². The molecule has 0 aliphatic heterocycles. The van der Waals surface area contributed by atoms with Crippen LogP contribution in [0.2, 0.25) is 0 Å². The quantitative estimate of drug-likeness (QED) is 0.517. The SMILES string of the molecule is [2H]C([2H])(O)c1ccc(-n2c(-c3cccnc3N)nc3ccc(Br)nc32)cc1. The molecular formula is C18H14BrN5O. The second kappa shape index (κ2) is 6.27. The molecule has 25 heavy (non-hydrogen) atoms. The second-order valence-corrected chi connectivity index (χ2v) is 6.15. The number of pyridine rings is 2. The summed E-state index contributed by atoms with van der Waals surface area (Å²) in [5, 5.41) is 9.56. The zero-order chi connectivity index (χ0) is 19.2. The highest BCUT2D eigenvalue weighted by atomic mass is 79.9. The van der Waals surface area contributed by atoms with Crippen molar-refractivity contribution < 1.29 is 7.85 Å². The molecule has 7 heteroatoms. The van der Waals surface area contributed by atoms with Gasteiger partial charge in [0.2, 0.25) is 0 Å². The molecule has 124 valence electrons. The highest BCUT2D eigenvalue weighted by Gasteiger charge is 2.17. The van der Waals surface area contributed by atoms with Gasteiger partial charge in [0.15, 0.2) is 11.5 Å². The van der Waals surface area contributed by atoms with Crippen LogP contribution < -0.4 is 5.73 Å². The lowest BCUT2D eigenvalue weighted by atomic mass is 10.2. The summed E-state index contributed by atoms with van der Waals surface area (Å²) in [6.07, 6.45) is 1.61. The van der Waals surface area contributed by atoms with E-state index in [0.29, 0.717) is 38.7 Å². The molecule has 0 saturated heterocycles. The van der Waals surface area contributed by atoms with E-state index in [1.165, 1.54) is 12.1 Å². The molecule has 0 bridgehead atoms. The van der Waals surface area contributed by atoms with E-state index >= 15 is 0 Å². The fourth-order valence-corrected chi connectivity index (χ4v) is 2.95. The maximum absolute atomic E-state index is 9.56. The Bertz CT molecular complexity index is 1140. The van der Waals surface area contributed by atoms with Crippen molar-refractivity contribution >= 4 is 32.9 Å². The summed E-state index contributed by atoms with van der Waals surface area (Å²) in [4.78, 5) is 13.3. The number of hydrogen-bond donors (Lipinski definition) is 2. The number of aromatic nitrogens is 4. The first-order chi connectivity index (χ1) is 12.8. The lowest BCUT2D eigenvalue weighted by Crippen LogP contribution is -2.02. The topological polar surface area (TPSA) is 89.8 Å². The van der Waals surface area contributed by atoms with Gasteiger partial charge < -0.3 is 10.8 Å². The van der Waals surface area contributed by atoms with Crippen LogP contribution in [0.15, 0.2) is 59.3 Å². The molecule has 0 saturated carbocycles. The first kappa shape index (κ1) is 13.5. The van der Waals surface area contributed by atoms with Crippen LogP contribution in [-0.4, -0.2) is 24.6 Å². The molecule has 0 radical (unpaired) electrons. The van der Waals surface area contributed by atoms with Gasteiger partial charge in [0, 0.05) is 11.9 Å². The Balaban J connectivity index is 1.99. The van der Waals surface area contributed by atoms with Gasteiger partial charge in [0.25, 0.3) is 0 Å². The van der Waals surface area contributed by atoms with Crippen LogP contribution in [0, 0.1) is 0 Å². The van der Waals surface area contributed by atoms with Crippen molar-refractivity contribution in [1.82, 2.24) is 19.5 Å². The van der Waals surface area contributed by atoms with Crippen LogP contribution in [0.25, 0.3) is 28.2 Å². The largest absolute Gasteiger partial charge is 0.392 e. The van der Waals surface area contributed by atoms with E-state index in [9.17, 15) is 5.11 Å². The number of nitrogens with two attached hydrogens (primary N) is 1. The van der Waals surface area contributed by atoms with Crippen molar-refractivity contribution in [2.24, 2.45) is 0 Å². The molecule has 0 unspecified atom stereocenters. The summed E-state index contributed by atoms with van der Waals surface area (Å²) in [7, 11) is 0. The molecule has 6 nitrogen and oxygen atoms in total. The third-order valence-electron chi connectivity index (χ3n) is 3.80. The number of fused-ring (bicyclic) bond motifs is 1. The van der Waals surface area contributed by atoms with E-state index in [2.05, 4.69) is 30.9 Å². The summed E-state index contributed by atoms with van der Waals surface area (Å²) in [6, 6.07) is 13.7. The van der Waals surface area contributed by atoms with E-state index in [4.69, 9.17) is 8.48 Å². The van der Waals surface area contributed by atoms with Gasteiger partial charge in [-0.1, -0.05) is 12.1 Å². The van der Waals surface area contributed by atoms with E-state index in [-0.39, 0.29) is 5.56 Å². The van der Waals surface area contributed by atoms with Crippen molar-refractivity contribution in [3.8, 4) is 17.1 Å². The molecule has 0 atom stereocenters. The molecule has 3 aromatic heterocycles. The highest BCUT2D eigenvalue weighted by molar-refractivity contribution is 9.10. The van der Waals surface area contributed by atoms with Crippen LogP contribution in [0.3, 0.4) is 0 Å². The molecule has 3 heterocycles. The van der Waals surface area contributed by atoms with Crippen LogP contribution in [0.4, 0.5) is 5.82 Å². The Hall–Kier alpha value is -2.77. The van der Waals surface area contributed by atoms with Gasteiger partial charge in [0.05, 0.1) is 14.9 Å². The number of nitrogen functional groups attached to an aromatic ring is 1. The van der Waals surface area contributed by atoms with Crippen LogP contribution in [0.1, 0.15) is 8.30 Å². The Morgan fingerprint density at radius 2 is 1.92 bits per heavy atom. The predicted molar refractivity (Wildman–Crippen MR) is 100 cm³/mol. The van der Waals surface area contributed by atoms with Gasteiger partial charge in [-0.05, 0) is 57.9 Å². The monoisotopic (exact) mass is 397 g/mol. The lowest BCUT2D eigenvalue weighted by Gasteiger charge is -2.10. The minimum Gasteiger partial charge on any atom is -0.392 e. The highest BCUT2D eigenvalue weighted by Crippen LogP contribution is 2.30. The zero-order valence-electron chi connectivity index (χ0n) is 14.9. The van der Waals surface area contributed by atoms with Crippen molar-refractivity contribution in [2.75, 3.05) is 5.73 Å². The summed E-state index contributed by atoms with van der Waals surface area (Å²) in [5.74, 6) is 0.914. The molecule has 0 amide bonds. The normalized spacial score (nSPS) is 12.9. The maximum atomic E-state index is 9.56. The molecule has 4 rings (SSSR count). The minimum absolute atomic E-state index is 0.159. The van der Waals surface area contributed by atoms with Gasteiger partial charge in [0.1, 0.15) is 15.9 Å². The third kappa shape index (κ3) is 2.77. The van der Waals surface area contributed by atoms with Gasteiger partial charge in [-0.2, -0.15) is 0 Å². The van der Waals surface area contributed by atoms with Crippen LogP contribution >= 0.6 is 15.9 Å². The minimum atomic E-state index is -2.41. The lowest BCUT2D eigenvalue weighted by molar-refractivity contribution is 0.282. The Morgan fingerprint density at radius 1 is 1.12 bits per heavy atom. The average Bonchev–Trinajstić information content (AvgIpc) is 2.99. The van der Waals surface area contributed by atoms with Crippen LogP contribution in [-0.2, 0) is 6.56 Å². The third-order valence-corrected chi connectivity index (χ3v) is 4.25. The summed E-state index contributed by atoms with van der Waals surface area (Å²) < 4.78 is 17.4. The van der Waals surface area contributed by atoms with Gasteiger partial charge in [-0.25, -0.2) is 15.0 Å². The number of aliphatic hydroxyl groups is 1. The molecular weight excluding hydrogens is 382 g/mol. The fraction of sp³-hybridized carbons (Fsp3) is 0.0556. The molecule has 0 fully saturated rings. The molecule has 0 spiro atoms. The van der Waals surface area contributed by atoms with Crippen molar-refractivity contribution in [1.29, 1.82) is 0 Å². The number of rotatable bonds is 3. The van der Waals surface area contributed by atoms with E-state index in [1.54, 1.807) is 30.5 Å². The number of hydrogen-bond acceptors (Lipinski definition) is 5. The fourth-order valence-electron chi connectivity index (χ4n) is 2.65. The Morgan fingerprint density at radius 3 is 2.64 bits per heavy atom. The van der Waals surface area contributed by atoms with Gasteiger partial charge >= 0.3 is 0 Å². The smallest absolute Gasteiger partial charge is 0.166 e. The summed E-state index contributed by atoms with van der Waals surface area (Å²) >= 11 is 3.38. The zero-order valence-corrected chi connectivity index (χ0v) is 14.5. The summed E-state index contributed by atoms with van der Waals surface area (Å²) in [6.45, 7) is -2.41. The molecule has 1 aromatic carbocycles. The molecule has 4 aromatic rings. The van der Waals surface area contributed by atoms with Gasteiger partial charge in [-0.3, -0.25) is 4.57 Å². The molecule has 3 N–H and O–H groups in total. The standard InChI is InChI=1S/C18H14BrN5O/c19-15-8-7-14-18(23-15)24(12-5-3-11(10-25)4-6-12)17(22-14)13-2-1-9-21-16(13)20/h1-9,25H,10H2,(H2,20,21)/i10D2. The van der Waals surface area contributed by atoms with Gasteiger partial charge in [-0.15, -0.1) is 0 Å². The number of imidazole rings is 1. The van der Waals surface area contributed by atoms with E-state index in [0.717, 1.165) is 0 Å². The van der Waals surface area contributed by atoms with Crippen molar-refractivity contribution in [3.63, 3.8) is 0 Å². The van der Waals surface area contributed by atoms with Crippen molar-refractivity contribution in [2.45, 2.75) is 6.56 Å². The second-order valence-electron chi connectivity index (χ2n) is 5.34. The molecule has 0 aliphatic rings. The van der Waals surface area contributed by atoms with E-state index in [1.807, 2.05) is 16.7 Å². The average molecular weight is 398 g/mol. The number of benzene rings is 1. The Kier molecular flexibility index (Phi) is 3.39. The number of anilines is 1. The number of nitrogens with zero attached hydrogens (tertiary/aromatic N) is 4. The first-order valence-electron chi connectivity index (χ1n) is 8.44. The summed E-state index contributed by atoms with van der Waals surface area (Å²) in [5.41, 5.74) is 8.87. The van der Waals surface area contributed by atoms with E-state index < -0.39 is 6.56 Å². The first-order valence-corrected chi connectivity index (χ1v) is 8.23. The Labute approximate surface area is 154 Å². The van der Waals surface area contributed by atoms with Crippen molar-refractivity contribution in [3.05, 3.63) is 64.9 Å². The number of halogens is 1.